The highest BCUT2D eigenvalue weighted by molar-refractivity contribution is 7.89. The number of sulfonamides is 1. The number of aryl methyl sites for hydroxylation is 1. The van der Waals surface area contributed by atoms with E-state index in [2.05, 4.69) is 0 Å². The third-order valence-corrected chi connectivity index (χ3v) is 4.58. The Balaban J connectivity index is 2.18. The van der Waals surface area contributed by atoms with E-state index in [9.17, 15) is 8.42 Å². The van der Waals surface area contributed by atoms with Gasteiger partial charge in [0.15, 0.2) is 0 Å². The quantitative estimate of drug-likeness (QED) is 0.739. The van der Waals surface area contributed by atoms with E-state index in [0.29, 0.717) is 18.0 Å². The smallest absolute Gasteiger partial charge is 0.243 e. The van der Waals surface area contributed by atoms with Crippen molar-refractivity contribution in [2.45, 2.75) is 17.9 Å². The summed E-state index contributed by atoms with van der Waals surface area (Å²) in [4.78, 5) is 0.358. The van der Waals surface area contributed by atoms with Gasteiger partial charge in [0.25, 0.3) is 0 Å². The largest absolute Gasteiger partial charge is 0.383 e. The minimum absolute atomic E-state index is 0.0105. The summed E-state index contributed by atoms with van der Waals surface area (Å²) in [6.07, 6.45) is 0. The Morgan fingerprint density at radius 3 is 2.56 bits per heavy atom. The van der Waals surface area contributed by atoms with Gasteiger partial charge in [-0.05, 0) is 19.1 Å². The summed E-state index contributed by atoms with van der Waals surface area (Å²) in [6.45, 7) is 2.96. The molecule has 1 aromatic rings. The number of ether oxygens (including phenoxy) is 1. The second-order valence-electron chi connectivity index (χ2n) is 4.00. The van der Waals surface area contributed by atoms with Gasteiger partial charge in [-0.3, -0.25) is 0 Å². The number of methoxy groups -OCH3 is 1. The predicted molar refractivity (Wildman–Crippen MR) is 60.7 cm³/mol. The molecule has 0 radical (unpaired) electrons. The van der Waals surface area contributed by atoms with Gasteiger partial charge in [-0.2, -0.15) is 4.31 Å². The molecule has 0 aliphatic carbocycles. The van der Waals surface area contributed by atoms with Crippen LogP contribution in [0, 0.1) is 6.92 Å². The minimum atomic E-state index is -3.30. The summed E-state index contributed by atoms with van der Waals surface area (Å²) in [5.41, 5.74) is 1.05. The van der Waals surface area contributed by atoms with Crippen molar-refractivity contribution >= 4 is 10.0 Å². The molecule has 16 heavy (non-hydrogen) atoms. The summed E-state index contributed by atoms with van der Waals surface area (Å²) < 4.78 is 30.5. The molecule has 2 atom stereocenters. The van der Waals surface area contributed by atoms with E-state index in [1.165, 1.54) is 4.31 Å². The van der Waals surface area contributed by atoms with Gasteiger partial charge in [-0.15, -0.1) is 0 Å². The molecule has 88 valence electrons. The zero-order valence-electron chi connectivity index (χ0n) is 9.38. The van der Waals surface area contributed by atoms with Gasteiger partial charge < -0.3 is 4.74 Å². The second kappa shape index (κ2) is 4.16. The van der Waals surface area contributed by atoms with Crippen LogP contribution in [0.4, 0.5) is 0 Å². The Morgan fingerprint density at radius 2 is 2.00 bits per heavy atom. The molecule has 0 N–H and O–H groups in total. The Hall–Kier alpha value is -0.910. The van der Waals surface area contributed by atoms with Crippen LogP contribution in [0.5, 0.6) is 0 Å². The van der Waals surface area contributed by atoms with Crippen LogP contribution in [0.15, 0.2) is 29.2 Å². The maximum Gasteiger partial charge on any atom is 0.243 e. The maximum absolute atomic E-state index is 12.1. The highest BCUT2D eigenvalue weighted by Crippen LogP contribution is 2.28. The van der Waals surface area contributed by atoms with Crippen molar-refractivity contribution < 1.29 is 13.2 Å². The van der Waals surface area contributed by atoms with Crippen LogP contribution in [0.2, 0.25) is 0 Å². The van der Waals surface area contributed by atoms with Gasteiger partial charge in [-0.25, -0.2) is 8.42 Å². The molecule has 1 aliphatic rings. The number of rotatable bonds is 4. The van der Waals surface area contributed by atoms with Crippen molar-refractivity contribution in [3.63, 3.8) is 0 Å². The third kappa shape index (κ3) is 2.11. The Labute approximate surface area is 95.9 Å². The minimum Gasteiger partial charge on any atom is -0.383 e. The first-order chi connectivity index (χ1) is 7.55. The van der Waals surface area contributed by atoms with Gasteiger partial charge in [0.05, 0.1) is 17.5 Å². The molecule has 0 amide bonds. The fraction of sp³-hybridized carbons (Fsp3) is 0.455. The standard InChI is InChI=1S/C11H15NO3S/c1-9-3-5-11(6-4-9)16(13,14)12-7-10(12)8-15-2/h3-6,10H,7-8H2,1-2H3. The maximum atomic E-state index is 12.1. The normalized spacial score (nSPS) is 24.4. The molecule has 2 rings (SSSR count). The monoisotopic (exact) mass is 241 g/mol. The summed E-state index contributed by atoms with van der Waals surface area (Å²) in [5, 5.41) is 0. The van der Waals surface area contributed by atoms with Gasteiger partial charge in [0.1, 0.15) is 0 Å². The van der Waals surface area contributed by atoms with E-state index < -0.39 is 10.0 Å². The van der Waals surface area contributed by atoms with Crippen LogP contribution in [0.3, 0.4) is 0 Å². The summed E-state index contributed by atoms with van der Waals surface area (Å²) in [6, 6.07) is 6.92. The molecule has 4 nitrogen and oxygen atoms in total. The van der Waals surface area contributed by atoms with Crippen LogP contribution in [0.25, 0.3) is 0 Å². The van der Waals surface area contributed by atoms with E-state index in [-0.39, 0.29) is 6.04 Å². The average Bonchev–Trinajstić information content (AvgIpc) is 2.99. The van der Waals surface area contributed by atoms with Crippen LogP contribution in [0.1, 0.15) is 5.56 Å². The molecule has 0 aromatic heterocycles. The molecule has 5 heteroatoms. The highest BCUT2D eigenvalue weighted by atomic mass is 32.2. The fourth-order valence-corrected chi connectivity index (χ4v) is 3.20. The van der Waals surface area contributed by atoms with Gasteiger partial charge in [0, 0.05) is 13.7 Å². The topological polar surface area (TPSA) is 46.4 Å². The number of hydrogen-bond donors (Lipinski definition) is 0. The van der Waals surface area contributed by atoms with Crippen molar-refractivity contribution in [3.05, 3.63) is 29.8 Å². The molecule has 1 fully saturated rings. The fourth-order valence-electron chi connectivity index (χ4n) is 1.63. The van der Waals surface area contributed by atoms with Gasteiger partial charge >= 0.3 is 0 Å². The Kier molecular flexibility index (Phi) is 3.01. The summed E-state index contributed by atoms with van der Waals surface area (Å²) in [5.74, 6) is 0. The molecule has 0 saturated carbocycles. The lowest BCUT2D eigenvalue weighted by atomic mass is 10.2. The van der Waals surface area contributed by atoms with Crippen molar-refractivity contribution in [1.29, 1.82) is 0 Å². The SMILES string of the molecule is COCC1CN1S(=O)(=O)c1ccc(C)cc1. The molecular formula is C11H15NO3S. The van der Waals surface area contributed by atoms with Crippen LogP contribution >= 0.6 is 0 Å². The summed E-state index contributed by atoms with van der Waals surface area (Å²) >= 11 is 0. The van der Waals surface area contributed by atoms with E-state index in [1.54, 1.807) is 19.2 Å². The molecule has 2 unspecified atom stereocenters. The lowest BCUT2D eigenvalue weighted by molar-refractivity contribution is 0.195. The lowest BCUT2D eigenvalue weighted by Gasteiger charge is -2.06. The first kappa shape index (κ1) is 11.6. The zero-order valence-corrected chi connectivity index (χ0v) is 10.2. The molecule has 0 bridgehead atoms. The predicted octanol–water partition coefficient (Wildman–Crippen LogP) is 1.01. The zero-order chi connectivity index (χ0) is 11.8. The Morgan fingerprint density at radius 1 is 1.38 bits per heavy atom. The third-order valence-electron chi connectivity index (χ3n) is 2.65. The molecule has 1 saturated heterocycles. The van der Waals surface area contributed by atoms with Crippen molar-refractivity contribution in [3.8, 4) is 0 Å². The van der Waals surface area contributed by atoms with E-state index in [4.69, 9.17) is 4.74 Å². The lowest BCUT2D eigenvalue weighted by Crippen LogP contribution is -2.16. The van der Waals surface area contributed by atoms with Crippen molar-refractivity contribution in [2.75, 3.05) is 20.3 Å². The van der Waals surface area contributed by atoms with E-state index in [0.717, 1.165) is 5.56 Å². The van der Waals surface area contributed by atoms with Gasteiger partial charge in [-0.1, -0.05) is 17.7 Å². The second-order valence-corrected chi connectivity index (χ2v) is 5.89. The molecule has 1 aliphatic heterocycles. The molecule has 1 aromatic carbocycles. The Bertz CT molecular complexity index is 467. The number of nitrogens with zero attached hydrogens (tertiary/aromatic N) is 1. The van der Waals surface area contributed by atoms with Crippen LogP contribution in [-0.4, -0.2) is 39.0 Å². The number of benzene rings is 1. The number of hydrogen-bond acceptors (Lipinski definition) is 3. The van der Waals surface area contributed by atoms with Crippen molar-refractivity contribution in [1.82, 2.24) is 4.31 Å². The molecular weight excluding hydrogens is 226 g/mol. The first-order valence-electron chi connectivity index (χ1n) is 5.13. The van der Waals surface area contributed by atoms with Crippen LogP contribution < -0.4 is 0 Å². The summed E-state index contributed by atoms with van der Waals surface area (Å²) in [7, 11) is -1.72. The van der Waals surface area contributed by atoms with E-state index in [1.807, 2.05) is 19.1 Å². The van der Waals surface area contributed by atoms with Gasteiger partial charge in [0.2, 0.25) is 10.0 Å². The molecule has 1 heterocycles. The van der Waals surface area contributed by atoms with Crippen LogP contribution in [-0.2, 0) is 14.8 Å². The average molecular weight is 241 g/mol. The van der Waals surface area contributed by atoms with Crippen molar-refractivity contribution in [2.24, 2.45) is 0 Å². The first-order valence-corrected chi connectivity index (χ1v) is 6.57. The molecule has 0 spiro atoms. The van der Waals surface area contributed by atoms with E-state index >= 15 is 0 Å². The highest BCUT2D eigenvalue weighted by Gasteiger charge is 2.44.